The maximum absolute atomic E-state index is 13.8. The second-order valence-corrected chi connectivity index (χ2v) is 8.65. The van der Waals surface area contributed by atoms with Crippen molar-refractivity contribution in [1.82, 2.24) is 9.21 Å². The second-order valence-electron chi connectivity index (χ2n) is 5.90. The third kappa shape index (κ3) is 4.08. The molecule has 0 radical (unpaired) electrons. The number of nitrogens with zero attached hydrogens (tertiary/aromatic N) is 2. The van der Waals surface area contributed by atoms with Crippen LogP contribution in [0.2, 0.25) is 10.0 Å². The zero-order valence-electron chi connectivity index (χ0n) is 13.8. The highest BCUT2D eigenvalue weighted by Crippen LogP contribution is 2.28. The molecule has 0 bridgehead atoms. The standard InChI is InChI=1S/C17H14Cl2F2N2O3S/c18-11-1-4-14(19)16(9-11)27(25,26)23-7-5-22(6-8-23)17(24)13-3-2-12(20)10-15(13)21/h1-4,9-10H,5-8H2. The van der Waals surface area contributed by atoms with E-state index < -0.39 is 27.6 Å². The van der Waals surface area contributed by atoms with Crippen LogP contribution in [0.15, 0.2) is 41.3 Å². The van der Waals surface area contributed by atoms with Crippen LogP contribution >= 0.6 is 23.2 Å². The molecule has 3 rings (SSSR count). The van der Waals surface area contributed by atoms with Gasteiger partial charge in [0.05, 0.1) is 10.6 Å². The van der Waals surface area contributed by atoms with Crippen LogP contribution in [0, 0.1) is 11.6 Å². The van der Waals surface area contributed by atoms with Gasteiger partial charge in [-0.25, -0.2) is 17.2 Å². The normalized spacial score (nSPS) is 15.8. The third-order valence-electron chi connectivity index (χ3n) is 4.20. The summed E-state index contributed by atoms with van der Waals surface area (Å²) in [6, 6.07) is 6.85. The van der Waals surface area contributed by atoms with Crippen molar-refractivity contribution in [2.24, 2.45) is 0 Å². The SMILES string of the molecule is O=C(c1ccc(F)cc1F)N1CCN(S(=O)(=O)c2cc(Cl)ccc2Cl)CC1. The van der Waals surface area contributed by atoms with Crippen molar-refractivity contribution in [1.29, 1.82) is 0 Å². The minimum Gasteiger partial charge on any atom is -0.336 e. The van der Waals surface area contributed by atoms with Crippen LogP contribution in [0.4, 0.5) is 8.78 Å². The van der Waals surface area contributed by atoms with E-state index in [4.69, 9.17) is 23.2 Å². The van der Waals surface area contributed by atoms with Gasteiger partial charge in [-0.1, -0.05) is 23.2 Å². The van der Waals surface area contributed by atoms with Crippen molar-refractivity contribution in [3.8, 4) is 0 Å². The monoisotopic (exact) mass is 434 g/mol. The number of carbonyl (C=O) groups excluding carboxylic acids is 1. The van der Waals surface area contributed by atoms with Gasteiger partial charge >= 0.3 is 0 Å². The molecule has 0 spiro atoms. The van der Waals surface area contributed by atoms with Crippen LogP contribution in [0.25, 0.3) is 0 Å². The van der Waals surface area contributed by atoms with Gasteiger partial charge in [0.2, 0.25) is 10.0 Å². The van der Waals surface area contributed by atoms with Crippen LogP contribution < -0.4 is 0 Å². The number of sulfonamides is 1. The average Bonchev–Trinajstić information content (AvgIpc) is 2.63. The number of rotatable bonds is 3. The molecule has 0 aliphatic carbocycles. The lowest BCUT2D eigenvalue weighted by molar-refractivity contribution is 0.0693. The summed E-state index contributed by atoms with van der Waals surface area (Å²) in [5, 5.41) is 0.282. The van der Waals surface area contributed by atoms with Crippen LogP contribution in [0.3, 0.4) is 0 Å². The number of amides is 1. The van der Waals surface area contributed by atoms with Crippen LogP contribution in [-0.4, -0.2) is 49.7 Å². The molecule has 5 nitrogen and oxygen atoms in total. The molecule has 2 aromatic rings. The molecule has 0 unspecified atom stereocenters. The van der Waals surface area contributed by atoms with Crippen molar-refractivity contribution in [2.45, 2.75) is 4.90 Å². The Bertz CT molecular complexity index is 994. The van der Waals surface area contributed by atoms with E-state index in [9.17, 15) is 22.0 Å². The molecular formula is C17H14Cl2F2N2O3S. The molecule has 1 heterocycles. The van der Waals surface area contributed by atoms with Crippen LogP contribution in [-0.2, 0) is 10.0 Å². The number of hydrogen-bond acceptors (Lipinski definition) is 3. The Hall–Kier alpha value is -1.74. The van der Waals surface area contributed by atoms with Crippen LogP contribution in [0.5, 0.6) is 0 Å². The first-order valence-electron chi connectivity index (χ1n) is 7.89. The van der Waals surface area contributed by atoms with Crippen LogP contribution in [0.1, 0.15) is 10.4 Å². The fourth-order valence-corrected chi connectivity index (χ4v) is 4.94. The topological polar surface area (TPSA) is 57.7 Å². The number of carbonyl (C=O) groups is 1. The molecule has 0 atom stereocenters. The van der Waals surface area contributed by atoms with Gasteiger partial charge < -0.3 is 4.90 Å². The summed E-state index contributed by atoms with van der Waals surface area (Å²) in [5.41, 5.74) is -0.259. The van der Waals surface area contributed by atoms with E-state index in [1.165, 1.54) is 27.4 Å². The van der Waals surface area contributed by atoms with Crippen molar-refractivity contribution in [3.05, 3.63) is 63.6 Å². The number of piperazine rings is 1. The molecular weight excluding hydrogens is 421 g/mol. The molecule has 144 valence electrons. The summed E-state index contributed by atoms with van der Waals surface area (Å²) < 4.78 is 53.5. The Morgan fingerprint density at radius 3 is 2.26 bits per heavy atom. The Balaban J connectivity index is 1.75. The lowest BCUT2D eigenvalue weighted by Crippen LogP contribution is -2.50. The van der Waals surface area contributed by atoms with Gasteiger partial charge in [-0.2, -0.15) is 4.31 Å². The molecule has 27 heavy (non-hydrogen) atoms. The molecule has 0 aromatic heterocycles. The first-order valence-corrected chi connectivity index (χ1v) is 10.1. The summed E-state index contributed by atoms with van der Waals surface area (Å²) in [6.45, 7) is 0.152. The van der Waals surface area contributed by atoms with Crippen molar-refractivity contribution < 1.29 is 22.0 Å². The van der Waals surface area contributed by atoms with E-state index in [2.05, 4.69) is 0 Å². The minimum atomic E-state index is -3.89. The Morgan fingerprint density at radius 2 is 1.63 bits per heavy atom. The predicted molar refractivity (Wildman–Crippen MR) is 97.5 cm³/mol. The molecule has 2 aromatic carbocycles. The molecule has 1 saturated heterocycles. The van der Waals surface area contributed by atoms with Gasteiger partial charge in [0.25, 0.3) is 5.91 Å². The van der Waals surface area contributed by atoms with E-state index in [1.54, 1.807) is 0 Å². The highest BCUT2D eigenvalue weighted by atomic mass is 35.5. The lowest BCUT2D eigenvalue weighted by Gasteiger charge is -2.34. The van der Waals surface area contributed by atoms with Gasteiger partial charge in [-0.3, -0.25) is 4.79 Å². The van der Waals surface area contributed by atoms with Crippen molar-refractivity contribution >= 4 is 39.1 Å². The second kappa shape index (κ2) is 7.71. The van der Waals surface area contributed by atoms with E-state index >= 15 is 0 Å². The summed E-state index contributed by atoms with van der Waals surface area (Å²) >= 11 is 11.9. The van der Waals surface area contributed by atoms with E-state index in [1.807, 2.05) is 0 Å². The molecule has 0 N–H and O–H groups in total. The molecule has 1 aliphatic heterocycles. The van der Waals surface area contributed by atoms with Gasteiger partial charge in [0.15, 0.2) is 0 Å². The third-order valence-corrected chi connectivity index (χ3v) is 6.81. The molecule has 10 heteroatoms. The first-order chi connectivity index (χ1) is 12.7. The maximum Gasteiger partial charge on any atom is 0.256 e. The molecule has 0 saturated carbocycles. The number of benzene rings is 2. The Kier molecular flexibility index (Phi) is 5.71. The predicted octanol–water partition coefficient (Wildman–Crippen LogP) is 3.42. The lowest BCUT2D eigenvalue weighted by atomic mass is 10.1. The maximum atomic E-state index is 13.8. The number of hydrogen-bond donors (Lipinski definition) is 0. The van der Waals surface area contributed by atoms with E-state index in [-0.39, 0.29) is 46.7 Å². The number of halogens is 4. The summed E-state index contributed by atoms with van der Waals surface area (Å²) in [7, 11) is -3.89. The summed E-state index contributed by atoms with van der Waals surface area (Å²) in [6.07, 6.45) is 0. The minimum absolute atomic E-state index is 0.0136. The van der Waals surface area contributed by atoms with Gasteiger partial charge in [-0.15, -0.1) is 0 Å². The highest BCUT2D eigenvalue weighted by molar-refractivity contribution is 7.89. The van der Waals surface area contributed by atoms with Gasteiger partial charge in [0.1, 0.15) is 16.5 Å². The first kappa shape index (κ1) is 20.0. The summed E-state index contributed by atoms with van der Waals surface area (Å²) in [4.78, 5) is 13.6. The van der Waals surface area contributed by atoms with Gasteiger partial charge in [0, 0.05) is 37.3 Å². The summed E-state index contributed by atoms with van der Waals surface area (Å²) in [5.74, 6) is -2.36. The smallest absolute Gasteiger partial charge is 0.256 e. The van der Waals surface area contributed by atoms with E-state index in [0.29, 0.717) is 6.07 Å². The zero-order chi connectivity index (χ0) is 19.8. The molecule has 1 amide bonds. The van der Waals surface area contributed by atoms with E-state index in [0.717, 1.165) is 12.1 Å². The Labute approximate surface area is 165 Å². The highest BCUT2D eigenvalue weighted by Gasteiger charge is 2.32. The molecule has 1 fully saturated rings. The largest absolute Gasteiger partial charge is 0.336 e. The average molecular weight is 435 g/mol. The quantitative estimate of drug-likeness (QED) is 0.743. The fraction of sp³-hybridized carbons (Fsp3) is 0.235. The molecule has 1 aliphatic rings. The Morgan fingerprint density at radius 1 is 0.963 bits per heavy atom. The van der Waals surface area contributed by atoms with Crippen molar-refractivity contribution in [3.63, 3.8) is 0 Å². The zero-order valence-corrected chi connectivity index (χ0v) is 16.2. The fourth-order valence-electron chi connectivity index (χ4n) is 2.78. The van der Waals surface area contributed by atoms with Gasteiger partial charge in [-0.05, 0) is 30.3 Å². The van der Waals surface area contributed by atoms with Crippen molar-refractivity contribution in [2.75, 3.05) is 26.2 Å².